The molecule has 2 saturated heterocycles. The fourth-order valence-electron chi connectivity index (χ4n) is 4.22. The van der Waals surface area contributed by atoms with Crippen LogP contribution in [0.2, 0.25) is 5.15 Å². The van der Waals surface area contributed by atoms with E-state index in [2.05, 4.69) is 21.8 Å². The van der Waals surface area contributed by atoms with E-state index < -0.39 is 0 Å². The van der Waals surface area contributed by atoms with Gasteiger partial charge in [0.05, 0.1) is 18.6 Å². The molecule has 1 aliphatic carbocycles. The average Bonchev–Trinajstić information content (AvgIpc) is 3.28. The van der Waals surface area contributed by atoms with E-state index in [1.54, 1.807) is 17.7 Å². The van der Waals surface area contributed by atoms with Gasteiger partial charge in [-0.1, -0.05) is 11.6 Å². The van der Waals surface area contributed by atoms with Gasteiger partial charge in [0.2, 0.25) is 0 Å². The predicted molar refractivity (Wildman–Crippen MR) is 93.6 cm³/mol. The number of nitrogens with zero attached hydrogens (tertiary/aromatic N) is 3. The van der Waals surface area contributed by atoms with E-state index in [0.29, 0.717) is 23.2 Å². The predicted octanol–water partition coefficient (Wildman–Crippen LogP) is 2.90. The van der Waals surface area contributed by atoms with Crippen LogP contribution in [0.25, 0.3) is 10.2 Å². The smallest absolute Gasteiger partial charge is 0.141 e. The van der Waals surface area contributed by atoms with Gasteiger partial charge in [0, 0.05) is 17.5 Å². The lowest BCUT2D eigenvalue weighted by atomic mass is 9.85. The van der Waals surface area contributed by atoms with Crippen LogP contribution in [0.15, 0.2) is 6.33 Å². The highest BCUT2D eigenvalue weighted by atomic mass is 35.5. The molecule has 2 aromatic rings. The van der Waals surface area contributed by atoms with E-state index in [0.717, 1.165) is 49.2 Å². The van der Waals surface area contributed by atoms with E-state index in [-0.39, 0.29) is 6.23 Å². The number of thiophene rings is 1. The number of fused-ring (bicyclic) bond motifs is 3. The molecule has 2 aliphatic heterocycles. The van der Waals surface area contributed by atoms with Crippen molar-refractivity contribution in [3.8, 4) is 0 Å². The second-order valence-electron chi connectivity index (χ2n) is 7.00. The summed E-state index contributed by atoms with van der Waals surface area (Å²) >= 11 is 8.08. The Kier molecular flexibility index (Phi) is 3.79. The number of morpholine rings is 1. The standard InChI is InChI=1S/C17H20ClN3O2S/c1-9-7-22-5-4-21(9)17-14(23-17)10-2-3-11-12(6-10)24-16-13(11)15(18)19-8-20-16/h8-10,14,17H,2-7H2,1H3/t9-,10+,14?,17?/m1/s1. The maximum atomic E-state index is 6.30. The van der Waals surface area contributed by atoms with Gasteiger partial charge >= 0.3 is 0 Å². The zero-order valence-corrected chi connectivity index (χ0v) is 15.1. The van der Waals surface area contributed by atoms with Crippen LogP contribution in [-0.2, 0) is 22.3 Å². The largest absolute Gasteiger partial charge is 0.379 e. The molecule has 0 spiro atoms. The zero-order valence-electron chi connectivity index (χ0n) is 13.6. The van der Waals surface area contributed by atoms with Crippen molar-refractivity contribution >= 4 is 33.2 Å². The van der Waals surface area contributed by atoms with Gasteiger partial charge in [-0.3, -0.25) is 4.90 Å². The minimum Gasteiger partial charge on any atom is -0.379 e. The van der Waals surface area contributed by atoms with E-state index in [1.807, 2.05) is 0 Å². The van der Waals surface area contributed by atoms with Crippen LogP contribution in [0, 0.1) is 5.92 Å². The van der Waals surface area contributed by atoms with E-state index in [4.69, 9.17) is 21.1 Å². The van der Waals surface area contributed by atoms with Crippen LogP contribution < -0.4 is 0 Å². The van der Waals surface area contributed by atoms with Gasteiger partial charge in [0.15, 0.2) is 0 Å². The number of hydrogen-bond donors (Lipinski definition) is 0. The number of rotatable bonds is 2. The van der Waals surface area contributed by atoms with Gasteiger partial charge in [-0.25, -0.2) is 9.97 Å². The summed E-state index contributed by atoms with van der Waals surface area (Å²) < 4.78 is 11.6. The highest BCUT2D eigenvalue weighted by Gasteiger charge is 2.50. The van der Waals surface area contributed by atoms with Crippen molar-refractivity contribution in [2.75, 3.05) is 19.8 Å². The van der Waals surface area contributed by atoms with Crippen molar-refractivity contribution in [1.82, 2.24) is 14.9 Å². The lowest BCUT2D eigenvalue weighted by Gasteiger charge is -2.32. The van der Waals surface area contributed by atoms with Crippen LogP contribution in [0.5, 0.6) is 0 Å². The average molecular weight is 366 g/mol. The van der Waals surface area contributed by atoms with E-state index in [1.165, 1.54) is 10.4 Å². The van der Waals surface area contributed by atoms with Crippen molar-refractivity contribution in [2.45, 2.75) is 44.6 Å². The molecular formula is C17H20ClN3O2S. The van der Waals surface area contributed by atoms with Crippen LogP contribution in [0.3, 0.4) is 0 Å². The summed E-state index contributed by atoms with van der Waals surface area (Å²) in [5.41, 5.74) is 1.37. The van der Waals surface area contributed by atoms with Gasteiger partial charge in [0.25, 0.3) is 0 Å². The zero-order chi connectivity index (χ0) is 16.3. The molecule has 4 heterocycles. The molecule has 0 amide bonds. The van der Waals surface area contributed by atoms with Crippen molar-refractivity contribution in [3.05, 3.63) is 21.9 Å². The van der Waals surface area contributed by atoms with Crippen LogP contribution >= 0.6 is 22.9 Å². The minimum atomic E-state index is 0.285. The molecule has 5 nitrogen and oxygen atoms in total. The highest BCUT2D eigenvalue weighted by molar-refractivity contribution is 7.19. The van der Waals surface area contributed by atoms with Crippen molar-refractivity contribution < 1.29 is 9.47 Å². The Balaban J connectivity index is 1.35. The Morgan fingerprint density at radius 1 is 1.38 bits per heavy atom. The Bertz CT molecular complexity index is 783. The Labute approximate surface area is 149 Å². The van der Waals surface area contributed by atoms with E-state index in [9.17, 15) is 0 Å². The topological polar surface area (TPSA) is 50.8 Å². The molecule has 2 fully saturated rings. The number of hydrogen-bond acceptors (Lipinski definition) is 6. The number of epoxide rings is 1. The molecule has 0 radical (unpaired) electrons. The fourth-order valence-corrected chi connectivity index (χ4v) is 5.81. The second-order valence-corrected chi connectivity index (χ2v) is 8.45. The van der Waals surface area contributed by atoms with Crippen LogP contribution in [0.1, 0.15) is 23.8 Å². The Morgan fingerprint density at radius 2 is 2.29 bits per heavy atom. The summed E-state index contributed by atoms with van der Waals surface area (Å²) in [5, 5.41) is 1.67. The Hall–Kier alpha value is -0.790. The summed E-state index contributed by atoms with van der Waals surface area (Å²) in [5.74, 6) is 0.595. The summed E-state index contributed by atoms with van der Waals surface area (Å²) in [7, 11) is 0. The normalized spacial score (nSPS) is 33.6. The van der Waals surface area contributed by atoms with Crippen molar-refractivity contribution in [3.63, 3.8) is 0 Å². The third-order valence-corrected chi connectivity index (χ3v) is 7.00. The molecular weight excluding hydrogens is 346 g/mol. The van der Waals surface area contributed by atoms with Gasteiger partial charge in [-0.2, -0.15) is 0 Å². The maximum Gasteiger partial charge on any atom is 0.141 e. The number of aromatic nitrogens is 2. The summed E-state index contributed by atoms with van der Waals surface area (Å²) in [6, 6.07) is 0.450. The van der Waals surface area contributed by atoms with Crippen molar-refractivity contribution in [1.29, 1.82) is 0 Å². The molecule has 128 valence electrons. The first-order valence-electron chi connectivity index (χ1n) is 8.62. The lowest BCUT2D eigenvalue weighted by molar-refractivity contribution is -0.0217. The van der Waals surface area contributed by atoms with Gasteiger partial charge in [-0.05, 0) is 37.7 Å². The van der Waals surface area contributed by atoms with Crippen LogP contribution in [-0.4, -0.2) is 53.0 Å². The highest BCUT2D eigenvalue weighted by Crippen LogP contribution is 2.45. The van der Waals surface area contributed by atoms with Gasteiger partial charge in [0.1, 0.15) is 28.6 Å². The van der Waals surface area contributed by atoms with Crippen molar-refractivity contribution in [2.24, 2.45) is 5.92 Å². The summed E-state index contributed by atoms with van der Waals surface area (Å²) in [6.45, 7) is 4.84. The molecule has 24 heavy (non-hydrogen) atoms. The molecule has 7 heteroatoms. The summed E-state index contributed by atoms with van der Waals surface area (Å²) in [6.07, 6.45) is 5.50. The summed E-state index contributed by atoms with van der Waals surface area (Å²) in [4.78, 5) is 13.5. The first-order chi connectivity index (χ1) is 11.7. The third-order valence-electron chi connectivity index (χ3n) is 5.55. The maximum absolute atomic E-state index is 6.30. The third kappa shape index (κ3) is 2.47. The van der Waals surface area contributed by atoms with Gasteiger partial charge < -0.3 is 9.47 Å². The second kappa shape index (κ2) is 5.88. The van der Waals surface area contributed by atoms with Crippen LogP contribution in [0.4, 0.5) is 0 Å². The molecule has 4 atom stereocenters. The number of halogens is 1. The van der Waals surface area contributed by atoms with Gasteiger partial charge in [-0.15, -0.1) is 11.3 Å². The molecule has 2 aromatic heterocycles. The van der Waals surface area contributed by atoms with E-state index >= 15 is 0 Å². The monoisotopic (exact) mass is 365 g/mol. The molecule has 5 rings (SSSR count). The Morgan fingerprint density at radius 3 is 3.17 bits per heavy atom. The lowest BCUT2D eigenvalue weighted by Crippen LogP contribution is -2.46. The molecule has 0 N–H and O–H groups in total. The molecule has 3 aliphatic rings. The SMILES string of the molecule is C[C@@H]1COCCN1C1OC1[C@H]1CCc2c(sc3ncnc(Cl)c23)C1. The molecule has 2 unspecified atom stereocenters. The first-order valence-corrected chi connectivity index (χ1v) is 9.81. The molecule has 0 bridgehead atoms. The fraction of sp³-hybridized carbons (Fsp3) is 0.647. The first kappa shape index (κ1) is 15.5. The quantitative estimate of drug-likeness (QED) is 0.605. The molecule has 0 aromatic carbocycles. The number of aryl methyl sites for hydroxylation is 1. The minimum absolute atomic E-state index is 0.285. The molecule has 0 saturated carbocycles. The number of ether oxygens (including phenoxy) is 2.